The number of nitrogens with zero attached hydrogens (tertiary/aromatic N) is 3. The molecule has 0 bridgehead atoms. The van der Waals surface area contributed by atoms with Crippen molar-refractivity contribution in [3.8, 4) is 0 Å². The van der Waals surface area contributed by atoms with Gasteiger partial charge in [0.05, 0.1) is 6.10 Å². The first-order valence-electron chi connectivity index (χ1n) is 7.00. The van der Waals surface area contributed by atoms with Gasteiger partial charge >= 0.3 is 0 Å². The molecule has 0 aliphatic carbocycles. The molecule has 2 unspecified atom stereocenters. The number of rotatable bonds is 7. The van der Waals surface area contributed by atoms with E-state index in [1.807, 2.05) is 11.7 Å². The summed E-state index contributed by atoms with van der Waals surface area (Å²) in [5, 5.41) is 7.64. The molecule has 2 atom stereocenters. The molecule has 0 aliphatic rings. The molecular formula is C14H28N4O. The van der Waals surface area contributed by atoms with E-state index in [0.717, 1.165) is 25.2 Å². The van der Waals surface area contributed by atoms with E-state index in [-0.39, 0.29) is 17.6 Å². The lowest BCUT2D eigenvalue weighted by Gasteiger charge is -2.35. The quantitative estimate of drug-likeness (QED) is 0.820. The Morgan fingerprint density at radius 1 is 1.42 bits per heavy atom. The van der Waals surface area contributed by atoms with Gasteiger partial charge in [0, 0.05) is 26.1 Å². The summed E-state index contributed by atoms with van der Waals surface area (Å²) in [6.45, 7) is 9.65. The van der Waals surface area contributed by atoms with E-state index < -0.39 is 0 Å². The van der Waals surface area contributed by atoms with E-state index in [1.54, 1.807) is 13.4 Å². The fraction of sp³-hybridized carbons (Fsp3) is 0.857. The number of ether oxygens (including phenoxy) is 1. The van der Waals surface area contributed by atoms with Crippen LogP contribution in [0.25, 0.3) is 0 Å². The summed E-state index contributed by atoms with van der Waals surface area (Å²) in [7, 11) is 3.75. The smallest absolute Gasteiger partial charge is 0.138 e. The number of methoxy groups -OCH3 is 1. The standard InChI is InChI=1S/C14H28N4O/c1-7-8-18-12(16-10-17-18)9-11(15-5)13(19-6)14(2,3)4/h10-11,13,15H,7-9H2,1-6H3. The fourth-order valence-corrected chi connectivity index (χ4v) is 2.52. The number of aryl methyl sites for hydroxylation is 1. The molecule has 0 fully saturated rings. The Hall–Kier alpha value is -0.940. The number of hydrogen-bond acceptors (Lipinski definition) is 4. The summed E-state index contributed by atoms with van der Waals surface area (Å²) in [4.78, 5) is 4.38. The first kappa shape index (κ1) is 16.1. The van der Waals surface area contributed by atoms with Crippen LogP contribution in [0.2, 0.25) is 0 Å². The van der Waals surface area contributed by atoms with Gasteiger partial charge in [-0.1, -0.05) is 27.7 Å². The molecule has 0 spiro atoms. The van der Waals surface area contributed by atoms with Gasteiger partial charge in [-0.05, 0) is 18.9 Å². The lowest BCUT2D eigenvalue weighted by atomic mass is 9.83. The molecule has 0 amide bonds. The van der Waals surface area contributed by atoms with Crippen molar-refractivity contribution in [1.82, 2.24) is 20.1 Å². The molecule has 1 heterocycles. The van der Waals surface area contributed by atoms with E-state index in [4.69, 9.17) is 4.74 Å². The normalized spacial score (nSPS) is 15.5. The third kappa shape index (κ3) is 4.28. The Labute approximate surface area is 116 Å². The third-order valence-electron chi connectivity index (χ3n) is 3.38. The summed E-state index contributed by atoms with van der Waals surface area (Å²) < 4.78 is 7.68. The SMILES string of the molecule is CCCn1ncnc1CC(NC)C(OC)C(C)(C)C. The van der Waals surface area contributed by atoms with Crippen molar-refractivity contribution in [3.05, 3.63) is 12.2 Å². The van der Waals surface area contributed by atoms with Crippen LogP contribution in [0.3, 0.4) is 0 Å². The maximum atomic E-state index is 5.70. The number of likely N-dealkylation sites (N-methyl/N-ethyl adjacent to an activating group) is 1. The van der Waals surface area contributed by atoms with Gasteiger partial charge in [0.2, 0.25) is 0 Å². The molecule has 0 saturated heterocycles. The number of hydrogen-bond donors (Lipinski definition) is 1. The van der Waals surface area contributed by atoms with Crippen LogP contribution in [0, 0.1) is 5.41 Å². The van der Waals surface area contributed by atoms with Crippen molar-refractivity contribution in [2.75, 3.05) is 14.2 Å². The first-order valence-corrected chi connectivity index (χ1v) is 7.00. The Kier molecular flexibility index (Phi) is 5.94. The van der Waals surface area contributed by atoms with E-state index in [2.05, 4.69) is 43.1 Å². The molecular weight excluding hydrogens is 240 g/mol. The van der Waals surface area contributed by atoms with Crippen LogP contribution in [0.4, 0.5) is 0 Å². The lowest BCUT2D eigenvalue weighted by molar-refractivity contribution is -0.00986. The van der Waals surface area contributed by atoms with Crippen molar-refractivity contribution in [3.63, 3.8) is 0 Å². The largest absolute Gasteiger partial charge is 0.379 e. The van der Waals surface area contributed by atoms with Crippen molar-refractivity contribution >= 4 is 0 Å². The lowest BCUT2D eigenvalue weighted by Crippen LogP contribution is -2.48. The van der Waals surface area contributed by atoms with Gasteiger partial charge in [-0.3, -0.25) is 4.68 Å². The highest BCUT2D eigenvalue weighted by Crippen LogP contribution is 2.25. The zero-order chi connectivity index (χ0) is 14.5. The Morgan fingerprint density at radius 3 is 2.58 bits per heavy atom. The molecule has 0 radical (unpaired) electrons. The zero-order valence-corrected chi connectivity index (χ0v) is 13.1. The predicted molar refractivity (Wildman–Crippen MR) is 77.1 cm³/mol. The van der Waals surface area contributed by atoms with E-state index in [9.17, 15) is 0 Å². The van der Waals surface area contributed by atoms with Crippen LogP contribution in [0.15, 0.2) is 6.33 Å². The second-order valence-corrected chi connectivity index (χ2v) is 6.02. The van der Waals surface area contributed by atoms with Crippen LogP contribution in [-0.2, 0) is 17.7 Å². The third-order valence-corrected chi connectivity index (χ3v) is 3.38. The van der Waals surface area contributed by atoms with Crippen LogP contribution in [-0.4, -0.2) is 41.1 Å². The molecule has 5 heteroatoms. The van der Waals surface area contributed by atoms with E-state index in [1.165, 1.54) is 0 Å². The van der Waals surface area contributed by atoms with Gasteiger partial charge in [0.15, 0.2) is 0 Å². The van der Waals surface area contributed by atoms with Gasteiger partial charge in [0.1, 0.15) is 12.2 Å². The molecule has 1 aromatic heterocycles. The summed E-state index contributed by atoms with van der Waals surface area (Å²) in [5.41, 5.74) is 0.0814. The van der Waals surface area contributed by atoms with Crippen LogP contribution < -0.4 is 5.32 Å². The van der Waals surface area contributed by atoms with Crippen LogP contribution >= 0.6 is 0 Å². The van der Waals surface area contributed by atoms with Gasteiger partial charge in [-0.15, -0.1) is 0 Å². The average molecular weight is 268 g/mol. The predicted octanol–water partition coefficient (Wildman–Crippen LogP) is 1.88. The average Bonchev–Trinajstić information content (AvgIpc) is 2.75. The first-order chi connectivity index (χ1) is 8.93. The highest BCUT2D eigenvalue weighted by molar-refractivity contribution is 4.95. The molecule has 0 saturated carbocycles. The monoisotopic (exact) mass is 268 g/mol. The highest BCUT2D eigenvalue weighted by Gasteiger charge is 2.32. The van der Waals surface area contributed by atoms with Gasteiger partial charge in [0.25, 0.3) is 0 Å². The highest BCUT2D eigenvalue weighted by atomic mass is 16.5. The number of aromatic nitrogens is 3. The van der Waals surface area contributed by atoms with Crippen molar-refractivity contribution < 1.29 is 4.74 Å². The maximum Gasteiger partial charge on any atom is 0.138 e. The molecule has 19 heavy (non-hydrogen) atoms. The second-order valence-electron chi connectivity index (χ2n) is 6.02. The molecule has 1 N–H and O–H groups in total. The molecule has 5 nitrogen and oxygen atoms in total. The molecule has 0 aromatic carbocycles. The summed E-state index contributed by atoms with van der Waals surface area (Å²) in [6.07, 6.45) is 3.65. The van der Waals surface area contributed by atoms with Gasteiger partial charge < -0.3 is 10.1 Å². The molecule has 1 aromatic rings. The van der Waals surface area contributed by atoms with Crippen LogP contribution in [0.5, 0.6) is 0 Å². The summed E-state index contributed by atoms with van der Waals surface area (Å²) >= 11 is 0. The molecule has 1 rings (SSSR count). The maximum absolute atomic E-state index is 5.70. The molecule has 110 valence electrons. The van der Waals surface area contributed by atoms with Crippen molar-refractivity contribution in [2.24, 2.45) is 5.41 Å². The summed E-state index contributed by atoms with van der Waals surface area (Å²) in [5.74, 6) is 1.02. The Balaban J connectivity index is 2.83. The minimum atomic E-state index is 0.0814. The van der Waals surface area contributed by atoms with Gasteiger partial charge in [-0.2, -0.15) is 5.10 Å². The van der Waals surface area contributed by atoms with Crippen molar-refractivity contribution in [1.29, 1.82) is 0 Å². The van der Waals surface area contributed by atoms with E-state index in [0.29, 0.717) is 0 Å². The zero-order valence-electron chi connectivity index (χ0n) is 13.1. The minimum Gasteiger partial charge on any atom is -0.379 e. The molecule has 0 aliphatic heterocycles. The fourth-order valence-electron chi connectivity index (χ4n) is 2.52. The summed E-state index contributed by atoms with van der Waals surface area (Å²) in [6, 6.07) is 0.227. The van der Waals surface area contributed by atoms with E-state index >= 15 is 0 Å². The minimum absolute atomic E-state index is 0.0814. The van der Waals surface area contributed by atoms with Crippen molar-refractivity contribution in [2.45, 2.75) is 59.2 Å². The topological polar surface area (TPSA) is 52.0 Å². The Bertz CT molecular complexity index is 370. The van der Waals surface area contributed by atoms with Gasteiger partial charge in [-0.25, -0.2) is 4.98 Å². The Morgan fingerprint density at radius 2 is 2.11 bits per heavy atom. The number of nitrogens with one attached hydrogen (secondary N) is 1. The van der Waals surface area contributed by atoms with Crippen LogP contribution in [0.1, 0.15) is 39.9 Å². The second kappa shape index (κ2) is 7.01.